The van der Waals surface area contributed by atoms with Crippen molar-refractivity contribution in [1.29, 1.82) is 0 Å². The van der Waals surface area contributed by atoms with Gasteiger partial charge in [-0.2, -0.15) is 4.73 Å². The van der Waals surface area contributed by atoms with Crippen molar-refractivity contribution >= 4 is 58.3 Å². The Morgan fingerprint density at radius 2 is 1.49 bits per heavy atom. The van der Waals surface area contributed by atoms with Crippen LogP contribution in [0.2, 0.25) is 20.1 Å². The summed E-state index contributed by atoms with van der Waals surface area (Å²) in [6.45, 7) is 3.05. The predicted molar refractivity (Wildman–Crippen MR) is 141 cm³/mol. The molecule has 1 aromatic heterocycles. The van der Waals surface area contributed by atoms with Gasteiger partial charge < -0.3 is 25.1 Å². The van der Waals surface area contributed by atoms with Gasteiger partial charge in [-0.05, 0) is 49.2 Å². The molecule has 3 aromatic rings. The Labute approximate surface area is 233 Å². The summed E-state index contributed by atoms with van der Waals surface area (Å²) >= 11 is 24.6. The average molecular weight is 588 g/mol. The van der Waals surface area contributed by atoms with E-state index in [0.717, 1.165) is 6.20 Å². The van der Waals surface area contributed by atoms with Gasteiger partial charge in [-0.1, -0.05) is 58.5 Å². The Morgan fingerprint density at radius 1 is 0.946 bits per heavy atom. The number of benzene rings is 2. The number of esters is 1. The second-order valence-corrected chi connectivity index (χ2v) is 9.70. The molecular weight excluding hydrogens is 566 g/mol. The maximum absolute atomic E-state index is 12.9. The van der Waals surface area contributed by atoms with E-state index < -0.39 is 41.4 Å². The predicted octanol–water partition coefficient (Wildman–Crippen LogP) is 5.53. The molecule has 196 valence electrons. The van der Waals surface area contributed by atoms with Crippen LogP contribution in [0.5, 0.6) is 11.5 Å². The first-order valence-electron chi connectivity index (χ1n) is 10.8. The van der Waals surface area contributed by atoms with Crippen LogP contribution in [0.3, 0.4) is 0 Å². The zero-order valence-corrected chi connectivity index (χ0v) is 22.8. The first-order valence-corrected chi connectivity index (χ1v) is 12.4. The number of rotatable bonds is 8. The number of methoxy groups -OCH3 is 1. The molecule has 2 aromatic carbocycles. The average Bonchev–Trinajstić information content (AvgIpc) is 2.83. The van der Waals surface area contributed by atoms with Gasteiger partial charge in [0.05, 0.1) is 27.2 Å². The number of pyridine rings is 1. The fraction of sp³-hybridized carbons (Fsp3) is 0.240. The highest BCUT2D eigenvalue weighted by molar-refractivity contribution is 6.42. The van der Waals surface area contributed by atoms with Crippen LogP contribution < -0.4 is 14.8 Å². The molecule has 1 amide bonds. The molecule has 0 aliphatic rings. The molecule has 8 nitrogen and oxygen atoms in total. The second kappa shape index (κ2) is 12.1. The van der Waals surface area contributed by atoms with Crippen LogP contribution >= 0.6 is 46.4 Å². The van der Waals surface area contributed by atoms with Gasteiger partial charge in [0.1, 0.15) is 12.1 Å². The van der Waals surface area contributed by atoms with Crippen molar-refractivity contribution in [1.82, 2.24) is 5.32 Å². The number of nitrogens with zero attached hydrogens (tertiary/aromatic N) is 1. The summed E-state index contributed by atoms with van der Waals surface area (Å²) in [5, 5.41) is 25.9. The highest BCUT2D eigenvalue weighted by Gasteiger charge is 2.31. The van der Waals surface area contributed by atoms with Gasteiger partial charge in [-0.25, -0.2) is 4.79 Å². The highest BCUT2D eigenvalue weighted by atomic mass is 35.5. The van der Waals surface area contributed by atoms with Crippen molar-refractivity contribution in [3.63, 3.8) is 0 Å². The molecule has 0 aliphatic carbocycles. The second-order valence-electron chi connectivity index (χ2n) is 8.07. The van der Waals surface area contributed by atoms with Crippen LogP contribution in [-0.2, 0) is 9.53 Å². The lowest BCUT2D eigenvalue weighted by Crippen LogP contribution is -2.46. The van der Waals surface area contributed by atoms with Crippen LogP contribution in [0, 0.1) is 5.21 Å². The lowest BCUT2D eigenvalue weighted by molar-refractivity contribution is -0.608. The minimum Gasteiger partial charge on any atom is -0.618 e. The highest BCUT2D eigenvalue weighted by Crippen LogP contribution is 2.36. The minimum absolute atomic E-state index is 0.0767. The summed E-state index contributed by atoms with van der Waals surface area (Å²) in [7, 11) is 1.27. The molecule has 2 atom stereocenters. The fourth-order valence-electron chi connectivity index (χ4n) is 3.71. The van der Waals surface area contributed by atoms with Gasteiger partial charge in [0.25, 0.3) is 0 Å². The van der Waals surface area contributed by atoms with Gasteiger partial charge in [0, 0.05) is 12.0 Å². The van der Waals surface area contributed by atoms with Crippen molar-refractivity contribution in [3.05, 3.63) is 90.8 Å². The molecule has 1 heterocycles. The molecule has 37 heavy (non-hydrogen) atoms. The van der Waals surface area contributed by atoms with Crippen molar-refractivity contribution < 1.29 is 28.9 Å². The topological polar surface area (TPSA) is 112 Å². The standard InChI is InChI=1S/C25H22Cl4N2O6/c1-12(30-24(33)22-23(32)20(36-3)8-9-31(22)35)25(34)37-13(2)21(14-4-6-16(26)18(28)10-14)15-5-7-17(27)19(29)11-15/h4-13,21,32H,1-3H3,(H,30,33)/t12-,13-/m0/s1. The summed E-state index contributed by atoms with van der Waals surface area (Å²) in [5.74, 6) is -3.04. The summed E-state index contributed by atoms with van der Waals surface area (Å²) in [5.41, 5.74) is 0.758. The number of aromatic hydroxyl groups is 1. The van der Waals surface area contributed by atoms with E-state index >= 15 is 0 Å². The van der Waals surface area contributed by atoms with E-state index in [-0.39, 0.29) is 10.5 Å². The van der Waals surface area contributed by atoms with Gasteiger partial charge in [-0.15, -0.1) is 0 Å². The maximum Gasteiger partial charge on any atom is 0.328 e. The number of nitrogens with one attached hydrogen (secondary N) is 1. The third-order valence-corrected chi connectivity index (χ3v) is 7.03. The molecule has 12 heteroatoms. The van der Waals surface area contributed by atoms with Gasteiger partial charge in [0.2, 0.25) is 5.75 Å². The molecule has 0 radical (unpaired) electrons. The van der Waals surface area contributed by atoms with Crippen LogP contribution in [-0.4, -0.2) is 36.2 Å². The quantitative estimate of drug-likeness (QED) is 0.204. The normalized spacial score (nSPS) is 12.6. The van der Waals surface area contributed by atoms with Gasteiger partial charge in [-0.3, -0.25) is 4.79 Å². The summed E-state index contributed by atoms with van der Waals surface area (Å²) < 4.78 is 10.8. The third-order valence-electron chi connectivity index (χ3n) is 5.55. The van der Waals surface area contributed by atoms with E-state index in [1.165, 1.54) is 20.1 Å². The Kier molecular flexibility index (Phi) is 9.36. The molecule has 0 unspecified atom stereocenters. The zero-order chi connectivity index (χ0) is 27.4. The number of amides is 1. The van der Waals surface area contributed by atoms with E-state index in [2.05, 4.69) is 5.32 Å². The van der Waals surface area contributed by atoms with Crippen molar-refractivity contribution in [2.24, 2.45) is 0 Å². The third kappa shape index (κ3) is 6.51. The molecule has 0 saturated heterocycles. The lowest BCUT2D eigenvalue weighted by atomic mass is 9.87. The van der Waals surface area contributed by atoms with Crippen molar-refractivity contribution in [2.75, 3.05) is 7.11 Å². The lowest BCUT2D eigenvalue weighted by Gasteiger charge is -2.27. The molecule has 0 fully saturated rings. The van der Waals surface area contributed by atoms with Gasteiger partial charge >= 0.3 is 17.6 Å². The Morgan fingerprint density at radius 3 is 1.97 bits per heavy atom. The van der Waals surface area contributed by atoms with Crippen LogP contribution in [0.1, 0.15) is 41.4 Å². The SMILES string of the molecule is COc1cc[n+]([O-])c(C(=O)N[C@@H](C)C(=O)O[C@@H](C)C(c2ccc(Cl)c(Cl)c2)c2ccc(Cl)c(Cl)c2)c1O. The van der Waals surface area contributed by atoms with E-state index in [1.807, 2.05) is 0 Å². The van der Waals surface area contributed by atoms with Crippen LogP contribution in [0.4, 0.5) is 0 Å². The maximum atomic E-state index is 12.9. The van der Waals surface area contributed by atoms with E-state index in [0.29, 0.717) is 31.2 Å². The number of carbonyl (C=O) groups excluding carboxylic acids is 2. The molecule has 0 saturated carbocycles. The first-order chi connectivity index (χ1) is 17.4. The zero-order valence-electron chi connectivity index (χ0n) is 19.8. The van der Waals surface area contributed by atoms with Gasteiger partial charge in [0.15, 0.2) is 11.9 Å². The first kappa shape index (κ1) is 28.7. The molecule has 0 aliphatic heterocycles. The van der Waals surface area contributed by atoms with E-state index in [1.54, 1.807) is 43.3 Å². The Bertz CT molecular complexity index is 1290. The molecule has 0 bridgehead atoms. The number of ether oxygens (including phenoxy) is 2. The molecule has 3 rings (SSSR count). The number of carbonyl (C=O) groups is 2. The molecule has 2 N–H and O–H groups in total. The monoisotopic (exact) mass is 586 g/mol. The van der Waals surface area contributed by atoms with Crippen molar-refractivity contribution in [2.45, 2.75) is 31.9 Å². The van der Waals surface area contributed by atoms with Crippen molar-refractivity contribution in [3.8, 4) is 11.5 Å². The van der Waals surface area contributed by atoms with E-state index in [9.17, 15) is 19.9 Å². The largest absolute Gasteiger partial charge is 0.618 e. The summed E-state index contributed by atoms with van der Waals surface area (Å²) in [6, 6.07) is 10.1. The number of aromatic nitrogens is 1. The van der Waals surface area contributed by atoms with Crippen LogP contribution in [0.15, 0.2) is 48.7 Å². The smallest absolute Gasteiger partial charge is 0.328 e. The van der Waals surface area contributed by atoms with Crippen LogP contribution in [0.25, 0.3) is 0 Å². The fourth-order valence-corrected chi connectivity index (χ4v) is 4.32. The summed E-state index contributed by atoms with van der Waals surface area (Å²) in [4.78, 5) is 25.6. The molecular formula is C25H22Cl4N2O6. The molecule has 0 spiro atoms. The number of hydrogen-bond donors (Lipinski definition) is 2. The number of halogens is 4. The van der Waals surface area contributed by atoms with E-state index in [4.69, 9.17) is 55.9 Å². The summed E-state index contributed by atoms with van der Waals surface area (Å²) in [6.07, 6.45) is 0.230. The Balaban J connectivity index is 1.84. The number of hydrogen-bond acceptors (Lipinski definition) is 6. The minimum atomic E-state index is -1.18. The Hall–Kier alpha value is -2.91.